The summed E-state index contributed by atoms with van der Waals surface area (Å²) in [6, 6.07) is 5.00. The molecule has 0 saturated carbocycles. The first-order chi connectivity index (χ1) is 8.13. The fourth-order valence-electron chi connectivity index (χ4n) is 1.51. The van der Waals surface area contributed by atoms with E-state index in [1.807, 2.05) is 5.38 Å². The zero-order valence-corrected chi connectivity index (χ0v) is 11.3. The highest BCUT2D eigenvalue weighted by molar-refractivity contribution is 7.13. The Morgan fingerprint density at radius 1 is 1.47 bits per heavy atom. The Morgan fingerprint density at radius 3 is 2.94 bits per heavy atom. The molecule has 1 unspecified atom stereocenters. The van der Waals surface area contributed by atoms with Crippen LogP contribution in [-0.2, 0) is 0 Å². The summed E-state index contributed by atoms with van der Waals surface area (Å²) in [4.78, 5) is 4.47. The van der Waals surface area contributed by atoms with Crippen molar-refractivity contribution in [3.63, 3.8) is 0 Å². The van der Waals surface area contributed by atoms with Gasteiger partial charge in [-0.3, -0.25) is 0 Å². The van der Waals surface area contributed by atoms with Gasteiger partial charge in [-0.1, -0.05) is 31.5 Å². The van der Waals surface area contributed by atoms with Crippen molar-refractivity contribution in [2.24, 2.45) is 0 Å². The molecule has 1 aromatic carbocycles. The average Bonchev–Trinajstić information content (AvgIpc) is 2.81. The third-order valence-electron chi connectivity index (χ3n) is 2.82. The SMILES string of the molecule is CCC(C)c1csc(-c2cccc(Cl)c2F)n1. The van der Waals surface area contributed by atoms with Crippen molar-refractivity contribution in [1.82, 2.24) is 4.98 Å². The van der Waals surface area contributed by atoms with Crippen LogP contribution in [0.5, 0.6) is 0 Å². The largest absolute Gasteiger partial charge is 0.241 e. The highest BCUT2D eigenvalue weighted by atomic mass is 35.5. The summed E-state index contributed by atoms with van der Waals surface area (Å²) in [7, 11) is 0. The smallest absolute Gasteiger partial charge is 0.152 e. The lowest BCUT2D eigenvalue weighted by atomic mass is 10.1. The van der Waals surface area contributed by atoms with Crippen molar-refractivity contribution in [3.05, 3.63) is 40.1 Å². The van der Waals surface area contributed by atoms with Gasteiger partial charge < -0.3 is 0 Å². The van der Waals surface area contributed by atoms with Gasteiger partial charge in [-0.15, -0.1) is 11.3 Å². The summed E-state index contributed by atoms with van der Waals surface area (Å²) in [6.07, 6.45) is 1.03. The van der Waals surface area contributed by atoms with Crippen LogP contribution in [0, 0.1) is 5.82 Å². The van der Waals surface area contributed by atoms with Crippen molar-refractivity contribution in [2.75, 3.05) is 0 Å². The molecule has 0 aliphatic rings. The van der Waals surface area contributed by atoms with Crippen LogP contribution in [0.3, 0.4) is 0 Å². The van der Waals surface area contributed by atoms with E-state index < -0.39 is 0 Å². The van der Waals surface area contributed by atoms with Crippen LogP contribution in [0.4, 0.5) is 4.39 Å². The van der Waals surface area contributed by atoms with E-state index in [2.05, 4.69) is 18.8 Å². The standard InChI is InChI=1S/C13H13ClFNS/c1-3-8(2)11-7-17-13(16-11)9-5-4-6-10(14)12(9)15/h4-8H,3H2,1-2H3. The van der Waals surface area contributed by atoms with Crippen LogP contribution in [0.2, 0.25) is 5.02 Å². The van der Waals surface area contributed by atoms with Gasteiger partial charge in [0.1, 0.15) is 5.01 Å². The molecular weight excluding hydrogens is 257 g/mol. The summed E-state index contributed by atoms with van der Waals surface area (Å²) in [5, 5.41) is 2.83. The Balaban J connectivity index is 2.40. The molecule has 4 heteroatoms. The van der Waals surface area contributed by atoms with E-state index in [4.69, 9.17) is 11.6 Å². The molecule has 1 aromatic heterocycles. The number of hydrogen-bond donors (Lipinski definition) is 0. The highest BCUT2D eigenvalue weighted by Gasteiger charge is 2.14. The molecule has 2 rings (SSSR count). The molecule has 17 heavy (non-hydrogen) atoms. The third-order valence-corrected chi connectivity index (χ3v) is 4.01. The van der Waals surface area contributed by atoms with Gasteiger partial charge in [-0.2, -0.15) is 0 Å². The second-order valence-electron chi connectivity index (χ2n) is 3.99. The third kappa shape index (κ3) is 2.50. The maximum absolute atomic E-state index is 13.8. The number of benzene rings is 1. The summed E-state index contributed by atoms with van der Waals surface area (Å²) in [5.74, 6) is 0.0152. The molecular formula is C13H13ClFNS. The maximum Gasteiger partial charge on any atom is 0.152 e. The lowest BCUT2D eigenvalue weighted by molar-refractivity contribution is 0.631. The fraction of sp³-hybridized carbons (Fsp3) is 0.308. The minimum Gasteiger partial charge on any atom is -0.241 e. The molecule has 0 radical (unpaired) electrons. The number of aromatic nitrogens is 1. The molecule has 0 spiro atoms. The summed E-state index contributed by atoms with van der Waals surface area (Å²) in [6.45, 7) is 4.23. The number of hydrogen-bond acceptors (Lipinski definition) is 2. The summed E-state index contributed by atoms with van der Waals surface area (Å²) in [5.41, 5.74) is 1.50. The Kier molecular flexibility index (Phi) is 3.79. The van der Waals surface area contributed by atoms with E-state index in [1.165, 1.54) is 11.3 Å². The molecule has 0 aliphatic carbocycles. The Morgan fingerprint density at radius 2 is 2.24 bits per heavy atom. The molecule has 0 saturated heterocycles. The van der Waals surface area contributed by atoms with Crippen LogP contribution in [0.1, 0.15) is 31.9 Å². The van der Waals surface area contributed by atoms with Gasteiger partial charge in [0.05, 0.1) is 10.7 Å². The van der Waals surface area contributed by atoms with Crippen molar-refractivity contribution in [1.29, 1.82) is 0 Å². The fourth-order valence-corrected chi connectivity index (χ4v) is 2.65. The van der Waals surface area contributed by atoms with Crippen molar-refractivity contribution in [3.8, 4) is 10.6 Å². The predicted octanol–water partition coefficient (Wildman–Crippen LogP) is 5.12. The first-order valence-corrected chi connectivity index (χ1v) is 6.79. The quantitative estimate of drug-likeness (QED) is 0.754. The lowest BCUT2D eigenvalue weighted by Crippen LogP contribution is -1.92. The van der Waals surface area contributed by atoms with Crippen LogP contribution in [0.15, 0.2) is 23.6 Å². The number of rotatable bonds is 3. The summed E-state index contributed by atoms with van der Waals surface area (Å²) >= 11 is 7.22. The van der Waals surface area contributed by atoms with Crippen molar-refractivity contribution in [2.45, 2.75) is 26.2 Å². The second-order valence-corrected chi connectivity index (χ2v) is 5.25. The summed E-state index contributed by atoms with van der Waals surface area (Å²) < 4.78 is 13.8. The molecule has 1 heterocycles. The van der Waals surface area contributed by atoms with Gasteiger partial charge in [0.15, 0.2) is 5.82 Å². The molecule has 1 atom stereocenters. The van der Waals surface area contributed by atoms with Crippen LogP contribution in [0.25, 0.3) is 10.6 Å². The highest BCUT2D eigenvalue weighted by Crippen LogP contribution is 2.32. The zero-order chi connectivity index (χ0) is 12.4. The number of thiazole rings is 1. The molecule has 0 N–H and O–H groups in total. The van der Waals surface area contributed by atoms with Crippen LogP contribution in [-0.4, -0.2) is 4.98 Å². The molecule has 2 aromatic rings. The monoisotopic (exact) mass is 269 g/mol. The van der Waals surface area contributed by atoms with E-state index >= 15 is 0 Å². The normalized spacial score (nSPS) is 12.7. The van der Waals surface area contributed by atoms with E-state index in [9.17, 15) is 4.39 Å². The van der Waals surface area contributed by atoms with Gasteiger partial charge >= 0.3 is 0 Å². The average molecular weight is 270 g/mol. The molecule has 0 amide bonds. The van der Waals surface area contributed by atoms with E-state index in [1.54, 1.807) is 18.2 Å². The van der Waals surface area contributed by atoms with Gasteiger partial charge in [-0.05, 0) is 24.5 Å². The molecule has 0 aliphatic heterocycles. The number of halogens is 2. The first-order valence-electron chi connectivity index (χ1n) is 5.53. The van der Waals surface area contributed by atoms with Crippen LogP contribution >= 0.6 is 22.9 Å². The topological polar surface area (TPSA) is 12.9 Å². The predicted molar refractivity (Wildman–Crippen MR) is 71.2 cm³/mol. The molecule has 1 nitrogen and oxygen atoms in total. The minimum absolute atomic E-state index is 0.141. The lowest BCUT2D eigenvalue weighted by Gasteiger charge is -2.03. The maximum atomic E-state index is 13.8. The molecule has 90 valence electrons. The second kappa shape index (κ2) is 5.15. The zero-order valence-electron chi connectivity index (χ0n) is 9.71. The Hall–Kier alpha value is -0.930. The van der Waals surface area contributed by atoms with Gasteiger partial charge in [0.25, 0.3) is 0 Å². The molecule has 0 fully saturated rings. The van der Waals surface area contributed by atoms with E-state index in [0.717, 1.165) is 12.1 Å². The van der Waals surface area contributed by atoms with Crippen molar-refractivity contribution < 1.29 is 4.39 Å². The first kappa shape index (κ1) is 12.5. The minimum atomic E-state index is -0.390. The van der Waals surface area contributed by atoms with Crippen molar-refractivity contribution >= 4 is 22.9 Å². The van der Waals surface area contributed by atoms with Gasteiger partial charge in [-0.25, -0.2) is 9.37 Å². The van der Waals surface area contributed by atoms with Gasteiger partial charge in [0.2, 0.25) is 0 Å². The number of nitrogens with zero attached hydrogens (tertiary/aromatic N) is 1. The Bertz CT molecular complexity index is 524. The van der Waals surface area contributed by atoms with Crippen LogP contribution < -0.4 is 0 Å². The Labute approximate surface area is 109 Å². The van der Waals surface area contributed by atoms with E-state index in [-0.39, 0.29) is 10.8 Å². The molecule has 0 bridgehead atoms. The van der Waals surface area contributed by atoms with Gasteiger partial charge in [0, 0.05) is 10.9 Å². The van der Waals surface area contributed by atoms with E-state index in [0.29, 0.717) is 16.5 Å².